The number of nitro groups is 1. The molecular formula is C10H15N3O4S. The standard InChI is InChI=1S/C10H15N3O4S/c1-3-18(16,17)7-6-11-10-5-4-9(13(14)15)8(2)12-10/h4-5H,3,6-7H2,1-2H3,(H,11,12). The summed E-state index contributed by atoms with van der Waals surface area (Å²) in [5, 5.41) is 13.4. The molecule has 100 valence electrons. The Morgan fingerprint density at radius 3 is 2.61 bits per heavy atom. The van der Waals surface area contributed by atoms with Crippen LogP contribution in [0.15, 0.2) is 12.1 Å². The molecule has 0 aromatic carbocycles. The average molecular weight is 273 g/mol. The van der Waals surface area contributed by atoms with Gasteiger partial charge < -0.3 is 5.32 Å². The van der Waals surface area contributed by atoms with Crippen LogP contribution < -0.4 is 5.32 Å². The van der Waals surface area contributed by atoms with Gasteiger partial charge in [-0.3, -0.25) is 10.1 Å². The van der Waals surface area contributed by atoms with Crippen molar-refractivity contribution in [1.82, 2.24) is 4.98 Å². The minimum atomic E-state index is -3.02. The van der Waals surface area contributed by atoms with E-state index in [1.54, 1.807) is 6.92 Å². The predicted molar refractivity (Wildman–Crippen MR) is 68.4 cm³/mol. The van der Waals surface area contributed by atoms with Gasteiger partial charge in [0.05, 0.1) is 10.7 Å². The fourth-order valence-corrected chi connectivity index (χ4v) is 2.03. The van der Waals surface area contributed by atoms with Crippen molar-refractivity contribution in [3.05, 3.63) is 27.9 Å². The highest BCUT2D eigenvalue weighted by Crippen LogP contribution is 2.17. The van der Waals surface area contributed by atoms with Gasteiger partial charge in [0.25, 0.3) is 5.69 Å². The second-order valence-electron chi connectivity index (χ2n) is 3.72. The second-order valence-corrected chi connectivity index (χ2v) is 6.19. The normalized spacial score (nSPS) is 11.2. The molecule has 0 aliphatic carbocycles. The number of nitrogens with zero attached hydrogens (tertiary/aromatic N) is 2. The van der Waals surface area contributed by atoms with E-state index in [1.165, 1.54) is 19.1 Å². The molecule has 18 heavy (non-hydrogen) atoms. The Bertz CT molecular complexity index is 542. The highest BCUT2D eigenvalue weighted by Gasteiger charge is 2.12. The number of sulfone groups is 1. The smallest absolute Gasteiger partial charge is 0.290 e. The Balaban J connectivity index is 2.65. The summed E-state index contributed by atoms with van der Waals surface area (Å²) in [4.78, 5) is 14.1. The van der Waals surface area contributed by atoms with Crippen LogP contribution in [0.3, 0.4) is 0 Å². The van der Waals surface area contributed by atoms with E-state index in [4.69, 9.17) is 0 Å². The van der Waals surface area contributed by atoms with Crippen molar-refractivity contribution in [3.8, 4) is 0 Å². The van der Waals surface area contributed by atoms with Crippen molar-refractivity contribution in [2.45, 2.75) is 13.8 Å². The maximum atomic E-state index is 11.3. The minimum Gasteiger partial charge on any atom is -0.369 e. The highest BCUT2D eigenvalue weighted by molar-refractivity contribution is 7.91. The third-order valence-corrected chi connectivity index (χ3v) is 4.12. The quantitative estimate of drug-likeness (QED) is 0.616. The monoisotopic (exact) mass is 273 g/mol. The van der Waals surface area contributed by atoms with Gasteiger partial charge in [-0.2, -0.15) is 0 Å². The first kappa shape index (κ1) is 14.4. The maximum absolute atomic E-state index is 11.3. The molecule has 1 heterocycles. The molecule has 0 fully saturated rings. The number of nitrogens with one attached hydrogen (secondary N) is 1. The molecule has 0 atom stereocenters. The van der Waals surface area contributed by atoms with Crippen LogP contribution in [0.1, 0.15) is 12.6 Å². The predicted octanol–water partition coefficient (Wildman–Crippen LogP) is 1.14. The Labute approximate surface area is 105 Å². The van der Waals surface area contributed by atoms with E-state index in [-0.39, 0.29) is 23.7 Å². The Hall–Kier alpha value is -1.70. The summed E-state index contributed by atoms with van der Waals surface area (Å²) in [5.41, 5.74) is 0.241. The van der Waals surface area contributed by atoms with E-state index in [0.717, 1.165) is 0 Å². The molecule has 0 spiro atoms. The summed E-state index contributed by atoms with van der Waals surface area (Å²) < 4.78 is 22.5. The largest absolute Gasteiger partial charge is 0.369 e. The molecular weight excluding hydrogens is 258 g/mol. The van der Waals surface area contributed by atoms with Gasteiger partial charge in [-0.15, -0.1) is 0 Å². The Morgan fingerprint density at radius 1 is 1.44 bits per heavy atom. The summed E-state index contributed by atoms with van der Waals surface area (Å²) in [6.07, 6.45) is 0. The first-order valence-electron chi connectivity index (χ1n) is 5.42. The molecule has 0 saturated heterocycles. The number of anilines is 1. The molecule has 1 aromatic rings. The molecule has 1 N–H and O–H groups in total. The van der Waals surface area contributed by atoms with Crippen molar-refractivity contribution in [3.63, 3.8) is 0 Å². The molecule has 0 saturated carbocycles. The van der Waals surface area contributed by atoms with Crippen LogP contribution in [-0.4, -0.2) is 36.4 Å². The molecule has 0 aliphatic heterocycles. The van der Waals surface area contributed by atoms with E-state index in [1.807, 2.05) is 0 Å². The zero-order valence-electron chi connectivity index (χ0n) is 10.2. The van der Waals surface area contributed by atoms with Gasteiger partial charge in [0.1, 0.15) is 11.5 Å². The summed E-state index contributed by atoms with van der Waals surface area (Å²) >= 11 is 0. The second kappa shape index (κ2) is 5.76. The number of aromatic nitrogens is 1. The van der Waals surface area contributed by atoms with Gasteiger partial charge in [0.15, 0.2) is 9.84 Å². The molecule has 0 amide bonds. The van der Waals surface area contributed by atoms with E-state index in [9.17, 15) is 18.5 Å². The minimum absolute atomic E-state index is 0.0151. The first-order valence-corrected chi connectivity index (χ1v) is 7.24. The molecule has 8 heteroatoms. The summed E-state index contributed by atoms with van der Waals surface area (Å²) in [5.74, 6) is 0.548. The fourth-order valence-electron chi connectivity index (χ4n) is 1.32. The lowest BCUT2D eigenvalue weighted by atomic mass is 10.3. The van der Waals surface area contributed by atoms with Crippen molar-refractivity contribution >= 4 is 21.3 Å². The third kappa shape index (κ3) is 3.95. The van der Waals surface area contributed by atoms with Crippen LogP contribution in [-0.2, 0) is 9.84 Å². The van der Waals surface area contributed by atoms with Crippen LogP contribution in [0.25, 0.3) is 0 Å². The van der Waals surface area contributed by atoms with Gasteiger partial charge in [-0.25, -0.2) is 13.4 Å². The first-order chi connectivity index (χ1) is 8.35. The van der Waals surface area contributed by atoms with E-state index >= 15 is 0 Å². The molecule has 0 unspecified atom stereocenters. The van der Waals surface area contributed by atoms with Crippen LogP contribution in [0.2, 0.25) is 0 Å². The van der Waals surface area contributed by atoms with Gasteiger partial charge in [-0.1, -0.05) is 6.92 Å². The van der Waals surface area contributed by atoms with Gasteiger partial charge >= 0.3 is 0 Å². The van der Waals surface area contributed by atoms with Crippen molar-refractivity contribution in [1.29, 1.82) is 0 Å². The van der Waals surface area contributed by atoms with Gasteiger partial charge in [0, 0.05) is 18.4 Å². The SMILES string of the molecule is CCS(=O)(=O)CCNc1ccc([N+](=O)[O-])c(C)n1. The molecule has 1 aromatic heterocycles. The number of pyridine rings is 1. The van der Waals surface area contributed by atoms with Crippen LogP contribution in [0.5, 0.6) is 0 Å². The fraction of sp³-hybridized carbons (Fsp3) is 0.500. The molecule has 1 rings (SSSR count). The third-order valence-electron chi connectivity index (χ3n) is 2.41. The molecule has 0 aliphatic rings. The summed E-state index contributed by atoms with van der Waals surface area (Å²) in [7, 11) is -3.02. The van der Waals surface area contributed by atoms with E-state index < -0.39 is 14.8 Å². The van der Waals surface area contributed by atoms with Crippen LogP contribution in [0, 0.1) is 17.0 Å². The number of hydrogen-bond donors (Lipinski definition) is 1. The van der Waals surface area contributed by atoms with Crippen molar-refractivity contribution < 1.29 is 13.3 Å². The lowest BCUT2D eigenvalue weighted by Gasteiger charge is -2.06. The van der Waals surface area contributed by atoms with Crippen molar-refractivity contribution in [2.24, 2.45) is 0 Å². The highest BCUT2D eigenvalue weighted by atomic mass is 32.2. The van der Waals surface area contributed by atoms with E-state index in [0.29, 0.717) is 11.5 Å². The topological polar surface area (TPSA) is 102 Å². The zero-order valence-corrected chi connectivity index (χ0v) is 11.0. The van der Waals surface area contributed by atoms with E-state index in [2.05, 4.69) is 10.3 Å². The lowest BCUT2D eigenvalue weighted by Crippen LogP contribution is -2.17. The van der Waals surface area contributed by atoms with Crippen molar-refractivity contribution in [2.75, 3.05) is 23.4 Å². The number of aryl methyl sites for hydroxylation is 1. The maximum Gasteiger partial charge on any atom is 0.290 e. The van der Waals surface area contributed by atoms with Crippen LogP contribution >= 0.6 is 0 Å². The number of rotatable bonds is 6. The Morgan fingerprint density at radius 2 is 2.11 bits per heavy atom. The Kier molecular flexibility index (Phi) is 4.60. The van der Waals surface area contributed by atoms with Crippen LogP contribution in [0.4, 0.5) is 11.5 Å². The molecule has 0 radical (unpaired) electrons. The lowest BCUT2D eigenvalue weighted by molar-refractivity contribution is -0.385. The zero-order chi connectivity index (χ0) is 13.8. The number of hydrogen-bond acceptors (Lipinski definition) is 6. The molecule has 0 bridgehead atoms. The summed E-state index contributed by atoms with van der Waals surface area (Å²) in [6, 6.07) is 2.81. The van der Waals surface area contributed by atoms with Gasteiger partial charge in [0.2, 0.25) is 0 Å². The summed E-state index contributed by atoms with van der Waals surface area (Å²) in [6.45, 7) is 3.36. The van der Waals surface area contributed by atoms with Gasteiger partial charge in [-0.05, 0) is 13.0 Å². The molecule has 7 nitrogen and oxygen atoms in total. The average Bonchev–Trinajstić information content (AvgIpc) is 2.28.